The number of benzene rings is 2. The molecule has 0 spiro atoms. The first-order valence-electron chi connectivity index (χ1n) is 11.4. The molecule has 0 saturated carbocycles. The molecule has 0 aromatic heterocycles. The molecule has 2 N–H and O–H groups in total. The molecule has 3 rings (SSSR count). The van der Waals surface area contributed by atoms with Crippen LogP contribution < -0.4 is 24.7 Å². The molecule has 9 heteroatoms. The van der Waals surface area contributed by atoms with E-state index in [-0.39, 0.29) is 5.97 Å². The van der Waals surface area contributed by atoms with Crippen LogP contribution >= 0.6 is 0 Å². The van der Waals surface area contributed by atoms with Crippen LogP contribution in [-0.2, 0) is 11.3 Å². The minimum Gasteiger partial charge on any atom is -0.493 e. The molecule has 0 aliphatic carbocycles. The molecule has 2 aromatic carbocycles. The van der Waals surface area contributed by atoms with Crippen molar-refractivity contribution in [3.05, 3.63) is 41.5 Å². The van der Waals surface area contributed by atoms with Gasteiger partial charge >= 0.3 is 5.97 Å². The number of nitrogens with zero attached hydrogens (tertiary/aromatic N) is 2. The van der Waals surface area contributed by atoms with Gasteiger partial charge in [0.25, 0.3) is 0 Å². The van der Waals surface area contributed by atoms with E-state index in [9.17, 15) is 4.79 Å². The third-order valence-corrected chi connectivity index (χ3v) is 5.83. The highest BCUT2D eigenvalue weighted by Gasteiger charge is 2.21. The molecule has 0 unspecified atom stereocenters. The predicted molar refractivity (Wildman–Crippen MR) is 130 cm³/mol. The smallest absolute Gasteiger partial charge is 0.338 e. The summed E-state index contributed by atoms with van der Waals surface area (Å²) in [5, 5.41) is 0. The average molecular weight is 474 g/mol. The first-order valence-corrected chi connectivity index (χ1v) is 11.4. The van der Waals surface area contributed by atoms with E-state index in [1.165, 1.54) is 0 Å². The first kappa shape index (κ1) is 25.5. The number of carbonyl (C=O) groups is 1. The van der Waals surface area contributed by atoms with Crippen molar-refractivity contribution in [2.75, 3.05) is 73.0 Å². The third kappa shape index (κ3) is 6.24. The fourth-order valence-electron chi connectivity index (χ4n) is 4.01. The Morgan fingerprint density at radius 1 is 0.912 bits per heavy atom. The van der Waals surface area contributed by atoms with Gasteiger partial charge in [0.1, 0.15) is 12.4 Å². The average Bonchev–Trinajstić information content (AvgIpc) is 2.85. The van der Waals surface area contributed by atoms with Crippen molar-refractivity contribution in [2.24, 2.45) is 0 Å². The van der Waals surface area contributed by atoms with E-state index in [1.54, 1.807) is 46.5 Å². The molecule has 0 bridgehead atoms. The minimum absolute atomic E-state index is 0.325. The van der Waals surface area contributed by atoms with Crippen LogP contribution in [0.5, 0.6) is 23.0 Å². The Labute approximate surface area is 201 Å². The maximum absolute atomic E-state index is 11.8. The SMILES string of the molecule is CCOC(=O)c1ccc(OCCN2CCN(Cc3ccc(OC)c(OC)c3OC)CC2)c(N)c1. The molecule has 9 nitrogen and oxygen atoms in total. The largest absolute Gasteiger partial charge is 0.493 e. The Hall–Kier alpha value is -3.17. The lowest BCUT2D eigenvalue weighted by Gasteiger charge is -2.35. The zero-order valence-electron chi connectivity index (χ0n) is 20.5. The minimum atomic E-state index is -0.385. The second-order valence-corrected chi connectivity index (χ2v) is 7.93. The highest BCUT2D eigenvalue weighted by molar-refractivity contribution is 5.91. The summed E-state index contributed by atoms with van der Waals surface area (Å²) in [6.45, 7) is 7.95. The molecule has 1 fully saturated rings. The molecule has 34 heavy (non-hydrogen) atoms. The molecule has 0 atom stereocenters. The van der Waals surface area contributed by atoms with Gasteiger partial charge in [-0.05, 0) is 31.2 Å². The van der Waals surface area contributed by atoms with Gasteiger partial charge in [0, 0.05) is 44.8 Å². The van der Waals surface area contributed by atoms with Gasteiger partial charge in [-0.2, -0.15) is 0 Å². The van der Waals surface area contributed by atoms with Gasteiger partial charge in [0.15, 0.2) is 11.5 Å². The lowest BCUT2D eigenvalue weighted by molar-refractivity contribution is 0.0526. The normalized spacial score (nSPS) is 14.5. The number of piperazine rings is 1. The van der Waals surface area contributed by atoms with Gasteiger partial charge in [-0.3, -0.25) is 9.80 Å². The lowest BCUT2D eigenvalue weighted by atomic mass is 10.1. The van der Waals surface area contributed by atoms with Crippen LogP contribution in [-0.4, -0.2) is 83.0 Å². The van der Waals surface area contributed by atoms with E-state index in [1.807, 2.05) is 12.1 Å². The Kier molecular flexibility index (Phi) is 9.24. The number of anilines is 1. The molecule has 0 radical (unpaired) electrons. The van der Waals surface area contributed by atoms with E-state index in [0.717, 1.165) is 44.8 Å². The summed E-state index contributed by atoms with van der Waals surface area (Å²) in [7, 11) is 4.88. The third-order valence-electron chi connectivity index (χ3n) is 5.83. The maximum atomic E-state index is 11.8. The van der Waals surface area contributed by atoms with Crippen LogP contribution in [0.25, 0.3) is 0 Å². The van der Waals surface area contributed by atoms with Crippen LogP contribution in [0.1, 0.15) is 22.8 Å². The molecule has 1 heterocycles. The summed E-state index contributed by atoms with van der Waals surface area (Å²) in [4.78, 5) is 16.6. The van der Waals surface area contributed by atoms with E-state index >= 15 is 0 Å². The zero-order chi connectivity index (χ0) is 24.5. The van der Waals surface area contributed by atoms with Crippen molar-refractivity contribution >= 4 is 11.7 Å². The number of rotatable bonds is 11. The summed E-state index contributed by atoms with van der Waals surface area (Å²) in [5.74, 6) is 2.18. The number of hydrogen-bond acceptors (Lipinski definition) is 9. The van der Waals surface area contributed by atoms with Crippen LogP contribution in [0.2, 0.25) is 0 Å². The molecule has 2 aromatic rings. The number of methoxy groups -OCH3 is 3. The summed E-state index contributed by atoms with van der Waals surface area (Å²) < 4.78 is 27.4. The summed E-state index contributed by atoms with van der Waals surface area (Å²) in [6, 6.07) is 8.92. The van der Waals surface area contributed by atoms with Gasteiger partial charge < -0.3 is 29.4 Å². The standard InChI is InChI=1S/C25H35N3O6/c1-5-33-25(29)18-6-8-21(20(26)16-18)34-15-14-27-10-12-28(13-11-27)17-19-7-9-22(30-2)24(32-4)23(19)31-3/h6-9,16H,5,10-15,17,26H2,1-4H3. The number of esters is 1. The van der Waals surface area contributed by atoms with Crippen molar-refractivity contribution in [3.8, 4) is 23.0 Å². The van der Waals surface area contributed by atoms with E-state index < -0.39 is 0 Å². The van der Waals surface area contributed by atoms with Gasteiger partial charge in [0.05, 0.1) is 39.2 Å². The highest BCUT2D eigenvalue weighted by Crippen LogP contribution is 2.40. The topological polar surface area (TPSA) is 95.7 Å². The van der Waals surface area contributed by atoms with E-state index in [0.29, 0.717) is 47.5 Å². The zero-order valence-corrected chi connectivity index (χ0v) is 20.5. The first-order chi connectivity index (χ1) is 16.5. The number of nitrogen functional groups attached to an aromatic ring is 1. The van der Waals surface area contributed by atoms with Crippen molar-refractivity contribution in [3.63, 3.8) is 0 Å². The fourth-order valence-corrected chi connectivity index (χ4v) is 4.01. The van der Waals surface area contributed by atoms with Crippen LogP contribution in [0, 0.1) is 0 Å². The number of nitrogens with two attached hydrogens (primary N) is 1. The molecular formula is C25H35N3O6. The monoisotopic (exact) mass is 473 g/mol. The van der Waals surface area contributed by atoms with E-state index in [4.69, 9.17) is 29.4 Å². The Balaban J connectivity index is 1.47. The second kappa shape index (κ2) is 12.3. The maximum Gasteiger partial charge on any atom is 0.338 e. The quantitative estimate of drug-likeness (QED) is 0.390. The second-order valence-electron chi connectivity index (χ2n) is 7.93. The number of carbonyl (C=O) groups excluding carboxylic acids is 1. The molecule has 1 saturated heterocycles. The van der Waals surface area contributed by atoms with Crippen molar-refractivity contribution in [1.82, 2.24) is 9.80 Å². The van der Waals surface area contributed by atoms with Crippen LogP contribution in [0.15, 0.2) is 30.3 Å². The lowest BCUT2D eigenvalue weighted by Crippen LogP contribution is -2.47. The molecule has 186 valence electrons. The van der Waals surface area contributed by atoms with Crippen molar-refractivity contribution in [2.45, 2.75) is 13.5 Å². The highest BCUT2D eigenvalue weighted by atomic mass is 16.5. The summed E-state index contributed by atoms with van der Waals surface area (Å²) in [6.07, 6.45) is 0. The van der Waals surface area contributed by atoms with E-state index in [2.05, 4.69) is 9.80 Å². The van der Waals surface area contributed by atoms with Gasteiger partial charge in [-0.1, -0.05) is 6.07 Å². The van der Waals surface area contributed by atoms with Gasteiger partial charge in [-0.25, -0.2) is 4.79 Å². The predicted octanol–water partition coefficient (Wildman–Crippen LogP) is 2.67. The fraction of sp³-hybridized carbons (Fsp3) is 0.480. The Morgan fingerprint density at radius 2 is 1.59 bits per heavy atom. The van der Waals surface area contributed by atoms with Crippen LogP contribution in [0.4, 0.5) is 5.69 Å². The number of ether oxygens (including phenoxy) is 5. The molecule has 1 aliphatic heterocycles. The molecule has 1 aliphatic rings. The molecular weight excluding hydrogens is 438 g/mol. The Morgan fingerprint density at radius 3 is 2.21 bits per heavy atom. The van der Waals surface area contributed by atoms with Crippen molar-refractivity contribution < 1.29 is 28.5 Å². The summed E-state index contributed by atoms with van der Waals surface area (Å²) in [5.41, 5.74) is 7.97. The Bertz CT molecular complexity index is 960. The summed E-state index contributed by atoms with van der Waals surface area (Å²) >= 11 is 0. The molecule has 0 amide bonds. The number of hydrogen-bond donors (Lipinski definition) is 1. The van der Waals surface area contributed by atoms with Gasteiger partial charge in [-0.15, -0.1) is 0 Å². The van der Waals surface area contributed by atoms with Crippen LogP contribution in [0.3, 0.4) is 0 Å². The van der Waals surface area contributed by atoms with Crippen molar-refractivity contribution in [1.29, 1.82) is 0 Å². The van der Waals surface area contributed by atoms with Gasteiger partial charge in [0.2, 0.25) is 5.75 Å².